The number of aryl methyl sites for hydroxylation is 2. The molecule has 5 N–H and O–H groups in total. The molecule has 0 aliphatic carbocycles. The monoisotopic (exact) mass is 313 g/mol. The van der Waals surface area contributed by atoms with Crippen molar-refractivity contribution in [3.63, 3.8) is 0 Å². The summed E-state index contributed by atoms with van der Waals surface area (Å²) in [5.41, 5.74) is 14.8. The fourth-order valence-electron chi connectivity index (χ4n) is 2.34. The number of anilines is 2. The molecule has 1 amide bonds. The predicted molar refractivity (Wildman–Crippen MR) is 91.9 cm³/mol. The average Bonchev–Trinajstić information content (AvgIpc) is 2.54. The Kier molecular flexibility index (Phi) is 5.28. The van der Waals surface area contributed by atoms with Crippen LogP contribution in [0.25, 0.3) is 0 Å². The van der Waals surface area contributed by atoms with Crippen molar-refractivity contribution in [1.29, 1.82) is 0 Å². The molecule has 2 rings (SSSR count). The highest BCUT2D eigenvalue weighted by Crippen LogP contribution is 2.23. The summed E-state index contributed by atoms with van der Waals surface area (Å²) < 4.78 is 0. The van der Waals surface area contributed by atoms with Gasteiger partial charge in [-0.1, -0.05) is 26.0 Å². The van der Waals surface area contributed by atoms with Crippen molar-refractivity contribution in [3.05, 3.63) is 46.9 Å². The van der Waals surface area contributed by atoms with Crippen LogP contribution < -0.4 is 16.8 Å². The SMILES string of the molecule is CCc1nc(C(N)=O)c(Nc2cccc(C(C)CN)c2)nc1C. The smallest absolute Gasteiger partial charge is 0.271 e. The first-order valence-corrected chi connectivity index (χ1v) is 7.70. The Morgan fingerprint density at radius 1 is 1.35 bits per heavy atom. The highest BCUT2D eigenvalue weighted by Gasteiger charge is 2.15. The Morgan fingerprint density at radius 3 is 2.70 bits per heavy atom. The van der Waals surface area contributed by atoms with Gasteiger partial charge in [0.25, 0.3) is 5.91 Å². The molecular formula is C17H23N5O. The minimum absolute atomic E-state index is 0.157. The summed E-state index contributed by atoms with van der Waals surface area (Å²) in [6, 6.07) is 7.86. The van der Waals surface area contributed by atoms with E-state index in [4.69, 9.17) is 11.5 Å². The van der Waals surface area contributed by atoms with E-state index >= 15 is 0 Å². The second-order valence-electron chi connectivity index (χ2n) is 5.56. The van der Waals surface area contributed by atoms with Crippen LogP contribution in [-0.4, -0.2) is 22.4 Å². The van der Waals surface area contributed by atoms with Gasteiger partial charge in [0.15, 0.2) is 11.5 Å². The topological polar surface area (TPSA) is 107 Å². The fraction of sp³-hybridized carbons (Fsp3) is 0.353. The normalized spacial score (nSPS) is 12.0. The maximum atomic E-state index is 11.7. The van der Waals surface area contributed by atoms with Crippen LogP contribution in [0.4, 0.5) is 11.5 Å². The highest BCUT2D eigenvalue weighted by molar-refractivity contribution is 5.96. The molecule has 1 unspecified atom stereocenters. The van der Waals surface area contributed by atoms with Gasteiger partial charge in [-0.3, -0.25) is 4.79 Å². The summed E-state index contributed by atoms with van der Waals surface area (Å²) in [4.78, 5) is 20.5. The summed E-state index contributed by atoms with van der Waals surface area (Å²) >= 11 is 0. The maximum Gasteiger partial charge on any atom is 0.271 e. The number of nitrogens with two attached hydrogens (primary N) is 2. The van der Waals surface area contributed by atoms with Gasteiger partial charge >= 0.3 is 0 Å². The number of carbonyl (C=O) groups is 1. The Morgan fingerprint density at radius 2 is 2.09 bits per heavy atom. The van der Waals surface area contributed by atoms with E-state index in [0.29, 0.717) is 18.8 Å². The lowest BCUT2D eigenvalue weighted by Crippen LogP contribution is -2.18. The van der Waals surface area contributed by atoms with Crippen LogP contribution >= 0.6 is 0 Å². The van der Waals surface area contributed by atoms with E-state index < -0.39 is 5.91 Å². The third-order valence-electron chi connectivity index (χ3n) is 3.81. The zero-order valence-electron chi connectivity index (χ0n) is 13.8. The van der Waals surface area contributed by atoms with Crippen molar-refractivity contribution in [2.75, 3.05) is 11.9 Å². The number of hydrogen-bond acceptors (Lipinski definition) is 5. The number of benzene rings is 1. The maximum absolute atomic E-state index is 11.7. The van der Waals surface area contributed by atoms with E-state index in [1.165, 1.54) is 0 Å². The van der Waals surface area contributed by atoms with Gasteiger partial charge in [-0.05, 0) is 43.5 Å². The van der Waals surface area contributed by atoms with E-state index in [-0.39, 0.29) is 11.6 Å². The van der Waals surface area contributed by atoms with Gasteiger partial charge in [0.2, 0.25) is 0 Å². The lowest BCUT2D eigenvalue weighted by molar-refractivity contribution is 0.0996. The lowest BCUT2D eigenvalue weighted by Gasteiger charge is -2.14. The number of hydrogen-bond donors (Lipinski definition) is 3. The second-order valence-corrected chi connectivity index (χ2v) is 5.56. The molecule has 6 nitrogen and oxygen atoms in total. The summed E-state index contributed by atoms with van der Waals surface area (Å²) in [6.07, 6.45) is 0.697. The Balaban J connectivity index is 2.40. The molecule has 0 saturated carbocycles. The minimum atomic E-state index is -0.596. The molecule has 0 radical (unpaired) electrons. The zero-order chi connectivity index (χ0) is 17.0. The molecule has 0 fully saturated rings. The molecule has 1 aromatic carbocycles. The number of aromatic nitrogens is 2. The van der Waals surface area contributed by atoms with Crippen molar-refractivity contribution in [2.24, 2.45) is 11.5 Å². The number of amides is 1. The molecule has 122 valence electrons. The lowest BCUT2D eigenvalue weighted by atomic mass is 10.0. The Bertz CT molecular complexity index is 714. The molecule has 1 aromatic heterocycles. The first-order valence-electron chi connectivity index (χ1n) is 7.70. The number of primary amides is 1. The second kappa shape index (κ2) is 7.19. The van der Waals surface area contributed by atoms with E-state index in [0.717, 1.165) is 22.6 Å². The van der Waals surface area contributed by atoms with Crippen LogP contribution in [0.1, 0.15) is 47.2 Å². The van der Waals surface area contributed by atoms with Gasteiger partial charge in [0.1, 0.15) is 0 Å². The largest absolute Gasteiger partial charge is 0.364 e. The zero-order valence-corrected chi connectivity index (χ0v) is 13.8. The quantitative estimate of drug-likeness (QED) is 0.758. The molecule has 0 aliphatic rings. The molecule has 0 spiro atoms. The third kappa shape index (κ3) is 3.84. The van der Waals surface area contributed by atoms with Crippen LogP contribution in [0.3, 0.4) is 0 Å². The van der Waals surface area contributed by atoms with E-state index in [1.54, 1.807) is 0 Å². The van der Waals surface area contributed by atoms with E-state index in [9.17, 15) is 4.79 Å². The van der Waals surface area contributed by atoms with E-state index in [2.05, 4.69) is 22.2 Å². The first kappa shape index (κ1) is 16.9. The summed E-state index contributed by atoms with van der Waals surface area (Å²) in [5.74, 6) is 0.0357. The molecule has 23 heavy (non-hydrogen) atoms. The molecule has 1 atom stereocenters. The van der Waals surface area contributed by atoms with Crippen molar-refractivity contribution in [1.82, 2.24) is 9.97 Å². The number of rotatable bonds is 6. The molecule has 0 aliphatic heterocycles. The van der Waals surface area contributed by atoms with E-state index in [1.807, 2.05) is 38.1 Å². The molecular weight excluding hydrogens is 290 g/mol. The van der Waals surface area contributed by atoms with Crippen LogP contribution in [0.5, 0.6) is 0 Å². The average molecular weight is 313 g/mol. The number of carbonyl (C=O) groups excluding carboxylic acids is 1. The molecule has 0 bridgehead atoms. The van der Waals surface area contributed by atoms with Gasteiger partial charge in [0, 0.05) is 5.69 Å². The van der Waals surface area contributed by atoms with Crippen LogP contribution in [0, 0.1) is 6.92 Å². The van der Waals surface area contributed by atoms with Gasteiger partial charge in [0.05, 0.1) is 11.4 Å². The third-order valence-corrected chi connectivity index (χ3v) is 3.81. The molecule has 6 heteroatoms. The molecule has 2 aromatic rings. The number of nitrogens with one attached hydrogen (secondary N) is 1. The van der Waals surface area contributed by atoms with Gasteiger partial charge < -0.3 is 16.8 Å². The standard InChI is InChI=1S/C17H23N5O/c1-4-14-11(3)20-17(15(22-14)16(19)23)21-13-7-5-6-12(8-13)10(2)9-18/h5-8,10H,4,9,18H2,1-3H3,(H2,19,23)(H,20,21). The summed E-state index contributed by atoms with van der Waals surface area (Å²) in [5, 5.41) is 3.15. The van der Waals surface area contributed by atoms with Crippen LogP contribution in [0.15, 0.2) is 24.3 Å². The fourth-order valence-corrected chi connectivity index (χ4v) is 2.34. The molecule has 1 heterocycles. The minimum Gasteiger partial charge on any atom is -0.364 e. The predicted octanol–water partition coefficient (Wildman–Crippen LogP) is 2.25. The van der Waals surface area contributed by atoms with Gasteiger partial charge in [-0.2, -0.15) is 0 Å². The molecule has 0 saturated heterocycles. The van der Waals surface area contributed by atoms with Crippen molar-refractivity contribution in [3.8, 4) is 0 Å². The Hall–Kier alpha value is -2.47. The van der Waals surface area contributed by atoms with Crippen molar-refractivity contribution >= 4 is 17.4 Å². The number of nitrogens with zero attached hydrogens (tertiary/aromatic N) is 2. The van der Waals surface area contributed by atoms with Crippen molar-refractivity contribution in [2.45, 2.75) is 33.1 Å². The van der Waals surface area contributed by atoms with Crippen LogP contribution in [0.2, 0.25) is 0 Å². The van der Waals surface area contributed by atoms with Crippen LogP contribution in [-0.2, 0) is 6.42 Å². The van der Waals surface area contributed by atoms with Gasteiger partial charge in [-0.25, -0.2) is 9.97 Å². The van der Waals surface area contributed by atoms with Crippen molar-refractivity contribution < 1.29 is 4.79 Å². The highest BCUT2D eigenvalue weighted by atomic mass is 16.1. The first-order chi connectivity index (χ1) is 11.0. The summed E-state index contributed by atoms with van der Waals surface area (Å²) in [7, 11) is 0. The summed E-state index contributed by atoms with van der Waals surface area (Å²) in [6.45, 7) is 6.47. The van der Waals surface area contributed by atoms with Gasteiger partial charge in [-0.15, -0.1) is 0 Å². The Labute approximate surface area is 136 Å².